The summed E-state index contributed by atoms with van der Waals surface area (Å²) in [6.45, 7) is 3.79. The van der Waals surface area contributed by atoms with Crippen molar-refractivity contribution in [3.63, 3.8) is 0 Å². The summed E-state index contributed by atoms with van der Waals surface area (Å²) >= 11 is 0. The molecular formula is C10H19NO2. The first kappa shape index (κ1) is 10.7. The molecule has 3 nitrogen and oxygen atoms in total. The van der Waals surface area contributed by atoms with E-state index in [4.69, 9.17) is 9.84 Å². The Morgan fingerprint density at radius 3 is 2.62 bits per heavy atom. The van der Waals surface area contributed by atoms with Crippen molar-refractivity contribution >= 4 is 0 Å². The molecule has 0 amide bonds. The third-order valence-corrected chi connectivity index (χ3v) is 2.21. The lowest BCUT2D eigenvalue weighted by Gasteiger charge is -2.25. The Morgan fingerprint density at radius 2 is 1.92 bits per heavy atom. The van der Waals surface area contributed by atoms with Crippen LogP contribution in [0.15, 0.2) is 12.2 Å². The highest BCUT2D eigenvalue weighted by atomic mass is 16.5. The van der Waals surface area contributed by atoms with Crippen molar-refractivity contribution in [1.29, 1.82) is 0 Å². The van der Waals surface area contributed by atoms with Gasteiger partial charge in [-0.15, -0.1) is 0 Å². The zero-order valence-electron chi connectivity index (χ0n) is 8.11. The molecule has 0 aromatic rings. The number of aliphatic hydroxyl groups is 1. The molecule has 76 valence electrons. The van der Waals surface area contributed by atoms with E-state index in [1.54, 1.807) is 6.08 Å². The zero-order valence-corrected chi connectivity index (χ0v) is 8.11. The van der Waals surface area contributed by atoms with E-state index in [0.29, 0.717) is 6.61 Å². The Kier molecular flexibility index (Phi) is 5.81. The molecule has 0 aliphatic carbocycles. The van der Waals surface area contributed by atoms with Crippen LogP contribution in [0.25, 0.3) is 0 Å². The van der Waals surface area contributed by atoms with Gasteiger partial charge in [0, 0.05) is 13.1 Å². The van der Waals surface area contributed by atoms with Crippen LogP contribution in [0, 0.1) is 0 Å². The number of ether oxygens (including phenoxy) is 1. The van der Waals surface area contributed by atoms with Crippen LogP contribution in [0.1, 0.15) is 19.3 Å². The predicted octanol–water partition coefficient (Wildman–Crippen LogP) is 0.995. The molecule has 0 unspecified atom stereocenters. The second-order valence-corrected chi connectivity index (χ2v) is 3.33. The van der Waals surface area contributed by atoms with Crippen molar-refractivity contribution < 1.29 is 9.84 Å². The smallest absolute Gasteiger partial charge is 0.0994 e. The van der Waals surface area contributed by atoms with Crippen LogP contribution >= 0.6 is 0 Å². The second-order valence-electron chi connectivity index (χ2n) is 3.33. The maximum atomic E-state index is 8.46. The van der Waals surface area contributed by atoms with Crippen LogP contribution < -0.4 is 0 Å². The van der Waals surface area contributed by atoms with Crippen molar-refractivity contribution in [2.24, 2.45) is 0 Å². The van der Waals surface area contributed by atoms with Gasteiger partial charge in [0.2, 0.25) is 0 Å². The maximum Gasteiger partial charge on any atom is 0.0994 e. The van der Waals surface area contributed by atoms with Gasteiger partial charge in [0.25, 0.3) is 0 Å². The molecule has 1 aliphatic rings. The fraction of sp³-hybridized carbons (Fsp3) is 0.800. The Balaban J connectivity index is 1.95. The standard InChI is InChI=1S/C10H19NO2/c12-8-4-5-9-13-10-11-6-2-1-3-7-11/h4-5,12H,1-3,6-10H2. The first-order valence-corrected chi connectivity index (χ1v) is 4.99. The summed E-state index contributed by atoms with van der Waals surface area (Å²) in [5, 5.41) is 8.46. The van der Waals surface area contributed by atoms with Crippen molar-refractivity contribution in [1.82, 2.24) is 4.90 Å². The van der Waals surface area contributed by atoms with Gasteiger partial charge in [0.1, 0.15) is 0 Å². The summed E-state index contributed by atoms with van der Waals surface area (Å²) in [4.78, 5) is 2.33. The van der Waals surface area contributed by atoms with Gasteiger partial charge in [0.05, 0.1) is 19.9 Å². The summed E-state index contributed by atoms with van der Waals surface area (Å²) in [5.41, 5.74) is 0. The molecule has 0 atom stereocenters. The molecule has 0 saturated carbocycles. The van der Waals surface area contributed by atoms with E-state index in [2.05, 4.69) is 4.90 Å². The highest BCUT2D eigenvalue weighted by molar-refractivity contribution is 4.80. The van der Waals surface area contributed by atoms with Gasteiger partial charge in [-0.1, -0.05) is 18.6 Å². The van der Waals surface area contributed by atoms with Gasteiger partial charge in [-0.05, 0) is 12.8 Å². The quantitative estimate of drug-likeness (QED) is 0.512. The third-order valence-electron chi connectivity index (χ3n) is 2.21. The Labute approximate surface area is 80.0 Å². The fourth-order valence-electron chi connectivity index (χ4n) is 1.48. The van der Waals surface area contributed by atoms with Crippen LogP contribution in [0.5, 0.6) is 0 Å². The number of nitrogens with zero attached hydrogens (tertiary/aromatic N) is 1. The normalized spacial score (nSPS) is 19.8. The van der Waals surface area contributed by atoms with Gasteiger partial charge in [-0.3, -0.25) is 4.90 Å². The molecule has 1 heterocycles. The van der Waals surface area contributed by atoms with Crippen LogP contribution in [-0.4, -0.2) is 43.0 Å². The summed E-state index contributed by atoms with van der Waals surface area (Å²) < 4.78 is 5.40. The molecule has 3 heteroatoms. The lowest BCUT2D eigenvalue weighted by atomic mass is 10.1. The Hall–Kier alpha value is -0.380. The number of aliphatic hydroxyl groups excluding tert-OH is 1. The van der Waals surface area contributed by atoms with Gasteiger partial charge < -0.3 is 9.84 Å². The summed E-state index contributed by atoms with van der Waals surface area (Å²) in [7, 11) is 0. The zero-order chi connectivity index (χ0) is 9.36. The van der Waals surface area contributed by atoms with Crippen LogP contribution in [0.2, 0.25) is 0 Å². The minimum Gasteiger partial charge on any atom is -0.392 e. The van der Waals surface area contributed by atoms with Crippen molar-refractivity contribution in [3.8, 4) is 0 Å². The molecule has 1 rings (SSSR count). The van der Waals surface area contributed by atoms with Crippen LogP contribution in [0.3, 0.4) is 0 Å². The summed E-state index contributed by atoms with van der Waals surface area (Å²) in [6, 6.07) is 0. The third kappa shape index (κ3) is 5.03. The van der Waals surface area contributed by atoms with Gasteiger partial charge >= 0.3 is 0 Å². The number of hydrogen-bond donors (Lipinski definition) is 1. The average Bonchev–Trinajstić information content (AvgIpc) is 2.19. The highest BCUT2D eigenvalue weighted by Crippen LogP contribution is 2.07. The van der Waals surface area contributed by atoms with E-state index in [1.165, 1.54) is 32.4 Å². The monoisotopic (exact) mass is 185 g/mol. The van der Waals surface area contributed by atoms with E-state index in [0.717, 1.165) is 6.73 Å². The Morgan fingerprint density at radius 1 is 1.15 bits per heavy atom. The minimum absolute atomic E-state index is 0.104. The molecule has 13 heavy (non-hydrogen) atoms. The summed E-state index contributed by atoms with van der Waals surface area (Å²) in [6.07, 6.45) is 7.52. The van der Waals surface area contributed by atoms with E-state index >= 15 is 0 Å². The minimum atomic E-state index is 0.104. The molecule has 0 aromatic heterocycles. The SMILES string of the molecule is OCC=CCOCN1CCCCC1. The number of likely N-dealkylation sites (tertiary alicyclic amines) is 1. The number of piperidine rings is 1. The van der Waals surface area contributed by atoms with Crippen LogP contribution in [0.4, 0.5) is 0 Å². The van der Waals surface area contributed by atoms with Gasteiger partial charge in [-0.25, -0.2) is 0 Å². The van der Waals surface area contributed by atoms with Gasteiger partial charge in [-0.2, -0.15) is 0 Å². The molecular weight excluding hydrogens is 166 g/mol. The topological polar surface area (TPSA) is 32.7 Å². The molecule has 1 aliphatic heterocycles. The molecule has 0 bridgehead atoms. The molecule has 1 N–H and O–H groups in total. The van der Waals surface area contributed by atoms with Crippen molar-refractivity contribution in [2.75, 3.05) is 33.0 Å². The molecule has 1 fully saturated rings. The lowest BCUT2D eigenvalue weighted by Crippen LogP contribution is -2.31. The second kappa shape index (κ2) is 7.06. The van der Waals surface area contributed by atoms with Crippen LogP contribution in [-0.2, 0) is 4.74 Å². The molecule has 1 saturated heterocycles. The van der Waals surface area contributed by atoms with E-state index < -0.39 is 0 Å². The maximum absolute atomic E-state index is 8.46. The molecule has 0 radical (unpaired) electrons. The number of hydrogen-bond acceptors (Lipinski definition) is 3. The first-order valence-electron chi connectivity index (χ1n) is 4.99. The first-order chi connectivity index (χ1) is 6.43. The predicted molar refractivity (Wildman–Crippen MR) is 52.5 cm³/mol. The largest absolute Gasteiger partial charge is 0.392 e. The van der Waals surface area contributed by atoms with E-state index in [-0.39, 0.29) is 6.61 Å². The highest BCUT2D eigenvalue weighted by Gasteiger charge is 2.08. The van der Waals surface area contributed by atoms with Crippen molar-refractivity contribution in [2.45, 2.75) is 19.3 Å². The average molecular weight is 185 g/mol. The fourth-order valence-corrected chi connectivity index (χ4v) is 1.48. The van der Waals surface area contributed by atoms with Crippen molar-refractivity contribution in [3.05, 3.63) is 12.2 Å². The summed E-state index contributed by atoms with van der Waals surface area (Å²) in [5.74, 6) is 0. The van der Waals surface area contributed by atoms with E-state index in [1.807, 2.05) is 6.08 Å². The van der Waals surface area contributed by atoms with Gasteiger partial charge in [0.15, 0.2) is 0 Å². The lowest BCUT2D eigenvalue weighted by molar-refractivity contribution is 0.0327. The number of rotatable bonds is 5. The molecule has 0 spiro atoms. The van der Waals surface area contributed by atoms with E-state index in [9.17, 15) is 0 Å². The Bertz CT molecular complexity index is 142. The molecule has 0 aromatic carbocycles.